The minimum absolute atomic E-state index is 0.248. The maximum Gasteiger partial charge on any atom is 0.291 e. The smallest absolute Gasteiger partial charge is 0.291 e. The average Bonchev–Trinajstić information content (AvgIpc) is 3.29. The van der Waals surface area contributed by atoms with Crippen molar-refractivity contribution in [3.63, 3.8) is 0 Å². The molecule has 3 aromatic carbocycles. The van der Waals surface area contributed by atoms with E-state index >= 15 is 0 Å². The van der Waals surface area contributed by atoms with Gasteiger partial charge in [0.25, 0.3) is 5.91 Å². The number of hydrogen-bond acceptors (Lipinski definition) is 4. The lowest BCUT2D eigenvalue weighted by molar-refractivity contribution is 0.0998. The summed E-state index contributed by atoms with van der Waals surface area (Å²) >= 11 is 1.64. The van der Waals surface area contributed by atoms with Gasteiger partial charge < -0.3 is 9.73 Å². The summed E-state index contributed by atoms with van der Waals surface area (Å²) in [6, 6.07) is 19.9. The second kappa shape index (κ2) is 7.11. The Labute approximate surface area is 178 Å². The zero-order chi connectivity index (χ0) is 20.8. The van der Waals surface area contributed by atoms with Gasteiger partial charge in [0.2, 0.25) is 0 Å². The van der Waals surface area contributed by atoms with Gasteiger partial charge >= 0.3 is 0 Å². The summed E-state index contributed by atoms with van der Waals surface area (Å²) in [4.78, 5) is 17.7. The van der Waals surface area contributed by atoms with E-state index in [-0.39, 0.29) is 5.91 Å². The van der Waals surface area contributed by atoms with Crippen LogP contribution in [-0.2, 0) is 0 Å². The van der Waals surface area contributed by atoms with E-state index in [9.17, 15) is 4.79 Å². The molecule has 0 saturated carbocycles. The van der Waals surface area contributed by atoms with Crippen LogP contribution in [0.2, 0.25) is 0 Å². The van der Waals surface area contributed by atoms with E-state index in [0.717, 1.165) is 48.4 Å². The Morgan fingerprint density at radius 1 is 1.00 bits per heavy atom. The number of nitrogens with zero attached hydrogens (tertiary/aromatic N) is 1. The van der Waals surface area contributed by atoms with Gasteiger partial charge in [0.15, 0.2) is 5.76 Å². The molecule has 1 N–H and O–H groups in total. The summed E-state index contributed by atoms with van der Waals surface area (Å²) in [5.41, 5.74) is 6.51. The fourth-order valence-corrected chi connectivity index (χ4v) is 4.88. The van der Waals surface area contributed by atoms with Crippen molar-refractivity contribution in [2.75, 3.05) is 5.32 Å². The number of aromatic nitrogens is 1. The number of amides is 1. The quantitative estimate of drug-likeness (QED) is 0.351. The molecule has 2 heterocycles. The molecule has 0 aliphatic carbocycles. The standard InChI is InChI=1S/C25H20N2O2S/c1-14-11-15(2)22-16(3)23(29-20(22)12-14)24(28)26-18-8-6-7-17(13-18)25-27-19-9-4-5-10-21(19)30-25/h4-13H,1-3H3,(H,26,28). The molecular formula is C25H20N2O2S. The number of fused-ring (bicyclic) bond motifs is 2. The van der Waals surface area contributed by atoms with Gasteiger partial charge in [-0.25, -0.2) is 4.98 Å². The predicted octanol–water partition coefficient (Wildman–Crippen LogP) is 6.89. The van der Waals surface area contributed by atoms with Gasteiger partial charge in [0.1, 0.15) is 10.6 Å². The second-order valence-electron chi connectivity index (χ2n) is 7.53. The fourth-order valence-electron chi connectivity index (χ4n) is 3.92. The highest BCUT2D eigenvalue weighted by molar-refractivity contribution is 7.21. The van der Waals surface area contributed by atoms with Crippen molar-refractivity contribution in [2.24, 2.45) is 0 Å². The van der Waals surface area contributed by atoms with E-state index < -0.39 is 0 Å². The van der Waals surface area contributed by atoms with Crippen LogP contribution < -0.4 is 5.32 Å². The first-order valence-electron chi connectivity index (χ1n) is 9.77. The Bertz CT molecular complexity index is 1400. The molecule has 2 aromatic heterocycles. The van der Waals surface area contributed by atoms with Crippen LogP contribution in [0.3, 0.4) is 0 Å². The number of benzene rings is 3. The Morgan fingerprint density at radius 2 is 1.83 bits per heavy atom. The van der Waals surface area contributed by atoms with Gasteiger partial charge in [-0.3, -0.25) is 4.79 Å². The summed E-state index contributed by atoms with van der Waals surface area (Å²) in [5.74, 6) is 0.103. The van der Waals surface area contributed by atoms with E-state index in [2.05, 4.69) is 17.4 Å². The summed E-state index contributed by atoms with van der Waals surface area (Å²) in [7, 11) is 0. The third kappa shape index (κ3) is 3.17. The molecule has 5 aromatic rings. The largest absolute Gasteiger partial charge is 0.451 e. The molecule has 148 valence electrons. The van der Waals surface area contributed by atoms with E-state index in [1.807, 2.05) is 69.3 Å². The van der Waals surface area contributed by atoms with Crippen LogP contribution in [0.1, 0.15) is 27.2 Å². The molecule has 0 bridgehead atoms. The van der Waals surface area contributed by atoms with Crippen molar-refractivity contribution in [3.8, 4) is 10.6 Å². The van der Waals surface area contributed by atoms with Gasteiger partial charge in [-0.2, -0.15) is 0 Å². The molecule has 0 radical (unpaired) electrons. The molecule has 0 unspecified atom stereocenters. The van der Waals surface area contributed by atoms with Crippen LogP contribution in [0.25, 0.3) is 31.8 Å². The van der Waals surface area contributed by atoms with Gasteiger partial charge in [-0.05, 0) is 62.2 Å². The van der Waals surface area contributed by atoms with Crippen LogP contribution in [0.5, 0.6) is 0 Å². The van der Waals surface area contributed by atoms with E-state index in [1.165, 1.54) is 0 Å². The summed E-state index contributed by atoms with van der Waals surface area (Å²) < 4.78 is 7.07. The van der Waals surface area contributed by atoms with Crippen molar-refractivity contribution in [2.45, 2.75) is 20.8 Å². The minimum Gasteiger partial charge on any atom is -0.451 e. The maximum atomic E-state index is 13.0. The first-order valence-corrected chi connectivity index (χ1v) is 10.6. The normalized spacial score (nSPS) is 11.3. The Kier molecular flexibility index (Phi) is 4.40. The van der Waals surface area contributed by atoms with Crippen LogP contribution >= 0.6 is 11.3 Å². The fraction of sp³-hybridized carbons (Fsp3) is 0.120. The van der Waals surface area contributed by atoms with Crippen LogP contribution in [0.4, 0.5) is 5.69 Å². The van der Waals surface area contributed by atoms with Crippen molar-refractivity contribution >= 4 is 44.1 Å². The number of carbonyl (C=O) groups is 1. The zero-order valence-electron chi connectivity index (χ0n) is 16.9. The molecule has 5 heteroatoms. The monoisotopic (exact) mass is 412 g/mol. The number of hydrogen-bond donors (Lipinski definition) is 1. The first kappa shape index (κ1) is 18.6. The van der Waals surface area contributed by atoms with Crippen molar-refractivity contribution in [1.29, 1.82) is 0 Å². The molecule has 0 saturated heterocycles. The number of carbonyl (C=O) groups excluding carboxylic acids is 1. The zero-order valence-corrected chi connectivity index (χ0v) is 17.8. The highest BCUT2D eigenvalue weighted by Gasteiger charge is 2.19. The molecule has 5 rings (SSSR count). The third-order valence-electron chi connectivity index (χ3n) is 5.24. The van der Waals surface area contributed by atoms with Crippen LogP contribution in [0.15, 0.2) is 65.1 Å². The lowest BCUT2D eigenvalue weighted by atomic mass is 10.0. The number of anilines is 1. The predicted molar refractivity (Wildman–Crippen MR) is 123 cm³/mol. The number of aryl methyl sites for hydroxylation is 3. The maximum absolute atomic E-state index is 13.0. The Morgan fingerprint density at radius 3 is 2.67 bits per heavy atom. The summed E-state index contributed by atoms with van der Waals surface area (Å²) in [6.07, 6.45) is 0. The van der Waals surface area contributed by atoms with E-state index in [4.69, 9.17) is 9.40 Å². The Hall–Kier alpha value is -3.44. The van der Waals surface area contributed by atoms with Crippen molar-refractivity contribution in [1.82, 2.24) is 4.98 Å². The highest BCUT2D eigenvalue weighted by atomic mass is 32.1. The SMILES string of the molecule is Cc1cc(C)c2c(C)c(C(=O)Nc3cccc(-c4nc5ccccc5s4)c3)oc2c1. The lowest BCUT2D eigenvalue weighted by Crippen LogP contribution is -2.12. The highest BCUT2D eigenvalue weighted by Crippen LogP contribution is 2.32. The van der Waals surface area contributed by atoms with E-state index in [0.29, 0.717) is 11.4 Å². The van der Waals surface area contributed by atoms with Crippen LogP contribution in [0, 0.1) is 20.8 Å². The summed E-state index contributed by atoms with van der Waals surface area (Å²) in [5, 5.41) is 4.92. The first-order chi connectivity index (χ1) is 14.5. The number of nitrogens with one attached hydrogen (secondary N) is 1. The van der Waals surface area contributed by atoms with Gasteiger partial charge in [0.05, 0.1) is 10.2 Å². The minimum atomic E-state index is -0.248. The molecule has 0 spiro atoms. The topological polar surface area (TPSA) is 55.1 Å². The second-order valence-corrected chi connectivity index (χ2v) is 8.56. The number of furan rings is 1. The van der Waals surface area contributed by atoms with Crippen LogP contribution in [-0.4, -0.2) is 10.9 Å². The van der Waals surface area contributed by atoms with Crippen molar-refractivity contribution in [3.05, 3.63) is 83.1 Å². The van der Waals surface area contributed by atoms with Crippen molar-refractivity contribution < 1.29 is 9.21 Å². The van der Waals surface area contributed by atoms with Gasteiger partial charge in [-0.1, -0.05) is 30.3 Å². The molecule has 0 atom stereocenters. The van der Waals surface area contributed by atoms with Gasteiger partial charge in [0, 0.05) is 22.2 Å². The molecule has 1 amide bonds. The van der Waals surface area contributed by atoms with E-state index in [1.54, 1.807) is 11.3 Å². The lowest BCUT2D eigenvalue weighted by Gasteiger charge is -2.05. The number of thiazole rings is 1. The number of para-hydroxylation sites is 1. The molecule has 0 fully saturated rings. The Balaban J connectivity index is 1.47. The average molecular weight is 413 g/mol. The third-order valence-corrected chi connectivity index (χ3v) is 6.32. The molecule has 30 heavy (non-hydrogen) atoms. The molecule has 0 aliphatic rings. The molecule has 4 nitrogen and oxygen atoms in total. The summed E-state index contributed by atoms with van der Waals surface area (Å²) in [6.45, 7) is 6.00. The molecular weight excluding hydrogens is 392 g/mol. The number of rotatable bonds is 3. The van der Waals surface area contributed by atoms with Gasteiger partial charge in [-0.15, -0.1) is 11.3 Å². The molecule has 0 aliphatic heterocycles.